The lowest BCUT2D eigenvalue weighted by atomic mass is 10.2. The second-order valence-electron chi connectivity index (χ2n) is 3.50. The Kier molecular flexibility index (Phi) is 3.54. The Bertz CT molecular complexity index is 572. The molecule has 0 aliphatic carbocycles. The van der Waals surface area contributed by atoms with Gasteiger partial charge in [0.15, 0.2) is 11.6 Å². The Morgan fingerprint density at radius 2 is 1.67 bits per heavy atom. The monoisotopic (exact) mass is 246 g/mol. The third-order valence-electron chi connectivity index (χ3n) is 2.32. The first kappa shape index (κ1) is 12.1. The molecule has 0 spiro atoms. The molecule has 0 saturated heterocycles. The van der Waals surface area contributed by atoms with Gasteiger partial charge in [-0.05, 0) is 24.3 Å². The van der Waals surface area contributed by atoms with Crippen LogP contribution in [0.2, 0.25) is 0 Å². The minimum Gasteiger partial charge on any atom is -0.453 e. The number of nitrogens with two attached hydrogens (primary N) is 1. The average Bonchev–Trinajstić information content (AvgIpc) is 2.41. The van der Waals surface area contributed by atoms with E-state index in [4.69, 9.17) is 10.6 Å². The number of para-hydroxylation sites is 2. The predicted octanol–water partition coefficient (Wildman–Crippen LogP) is 2.22. The molecule has 0 heterocycles. The highest BCUT2D eigenvalue weighted by Gasteiger charge is 2.12. The Morgan fingerprint density at radius 3 is 2.33 bits per heavy atom. The van der Waals surface area contributed by atoms with Crippen molar-refractivity contribution in [1.82, 2.24) is 5.43 Å². The third kappa shape index (κ3) is 2.46. The number of carbonyl (C=O) groups is 1. The van der Waals surface area contributed by atoms with Crippen LogP contribution in [-0.4, -0.2) is 5.91 Å². The maximum atomic E-state index is 13.4. The van der Waals surface area contributed by atoms with E-state index in [1.807, 2.05) is 5.43 Å². The molecule has 2 rings (SSSR count). The van der Waals surface area contributed by atoms with Crippen molar-refractivity contribution in [2.45, 2.75) is 0 Å². The van der Waals surface area contributed by atoms with Crippen molar-refractivity contribution < 1.29 is 13.9 Å². The Labute approximate surface area is 103 Å². The van der Waals surface area contributed by atoms with Gasteiger partial charge in [-0.2, -0.15) is 0 Å². The Balaban J connectivity index is 2.35. The average molecular weight is 246 g/mol. The van der Waals surface area contributed by atoms with E-state index in [0.717, 1.165) is 0 Å². The maximum absolute atomic E-state index is 13.4. The molecule has 0 aliphatic heterocycles. The van der Waals surface area contributed by atoms with Crippen LogP contribution in [0, 0.1) is 5.82 Å². The van der Waals surface area contributed by atoms with Crippen LogP contribution in [-0.2, 0) is 0 Å². The molecule has 0 saturated carbocycles. The highest BCUT2D eigenvalue weighted by atomic mass is 19.1. The van der Waals surface area contributed by atoms with Crippen LogP contribution in [0.1, 0.15) is 10.4 Å². The van der Waals surface area contributed by atoms with Crippen LogP contribution in [0.4, 0.5) is 4.39 Å². The molecule has 18 heavy (non-hydrogen) atoms. The van der Waals surface area contributed by atoms with E-state index in [2.05, 4.69) is 0 Å². The van der Waals surface area contributed by atoms with Crippen molar-refractivity contribution in [3.05, 3.63) is 59.9 Å². The van der Waals surface area contributed by atoms with Crippen molar-refractivity contribution in [2.75, 3.05) is 0 Å². The zero-order valence-electron chi connectivity index (χ0n) is 9.39. The number of benzene rings is 2. The number of rotatable bonds is 3. The summed E-state index contributed by atoms with van der Waals surface area (Å²) in [5.74, 6) is 4.36. The van der Waals surface area contributed by atoms with Crippen molar-refractivity contribution >= 4 is 5.91 Å². The number of halogens is 1. The minimum atomic E-state index is -0.500. The smallest absolute Gasteiger partial charge is 0.268 e. The van der Waals surface area contributed by atoms with Gasteiger partial charge in [-0.15, -0.1) is 0 Å². The first-order valence-electron chi connectivity index (χ1n) is 5.24. The van der Waals surface area contributed by atoms with E-state index in [1.165, 1.54) is 12.1 Å². The summed E-state index contributed by atoms with van der Waals surface area (Å²) in [6.07, 6.45) is 0. The van der Waals surface area contributed by atoms with E-state index in [0.29, 0.717) is 0 Å². The number of carbonyl (C=O) groups excluding carboxylic acids is 1. The largest absolute Gasteiger partial charge is 0.453 e. The molecular weight excluding hydrogens is 235 g/mol. The summed E-state index contributed by atoms with van der Waals surface area (Å²) in [5.41, 5.74) is 2.25. The molecule has 1 amide bonds. The van der Waals surface area contributed by atoms with Gasteiger partial charge in [-0.25, -0.2) is 10.2 Å². The van der Waals surface area contributed by atoms with E-state index in [9.17, 15) is 9.18 Å². The second-order valence-corrected chi connectivity index (χ2v) is 3.50. The Morgan fingerprint density at radius 1 is 1.06 bits per heavy atom. The van der Waals surface area contributed by atoms with Crippen LogP contribution >= 0.6 is 0 Å². The molecule has 5 heteroatoms. The number of hydrogen-bond acceptors (Lipinski definition) is 3. The molecule has 0 radical (unpaired) electrons. The zero-order valence-corrected chi connectivity index (χ0v) is 9.39. The quantitative estimate of drug-likeness (QED) is 0.496. The fourth-order valence-electron chi connectivity index (χ4n) is 1.47. The number of hydrogen-bond donors (Lipinski definition) is 2. The van der Waals surface area contributed by atoms with E-state index in [1.54, 1.807) is 36.4 Å². The third-order valence-corrected chi connectivity index (χ3v) is 2.32. The fourth-order valence-corrected chi connectivity index (χ4v) is 1.47. The molecule has 0 aliphatic rings. The van der Waals surface area contributed by atoms with Gasteiger partial charge >= 0.3 is 0 Å². The van der Waals surface area contributed by atoms with Crippen molar-refractivity contribution in [3.63, 3.8) is 0 Å². The molecule has 2 aromatic carbocycles. The lowest BCUT2D eigenvalue weighted by Gasteiger charge is -2.10. The first-order valence-corrected chi connectivity index (χ1v) is 5.24. The van der Waals surface area contributed by atoms with Gasteiger partial charge in [0.2, 0.25) is 0 Å². The highest BCUT2D eigenvalue weighted by Crippen LogP contribution is 2.26. The summed E-state index contributed by atoms with van der Waals surface area (Å²) in [4.78, 5) is 11.5. The van der Waals surface area contributed by atoms with Gasteiger partial charge in [0.05, 0.1) is 5.56 Å². The molecule has 92 valence electrons. The number of ether oxygens (including phenoxy) is 1. The number of nitrogens with one attached hydrogen (secondary N) is 1. The predicted molar refractivity (Wildman–Crippen MR) is 64.6 cm³/mol. The highest BCUT2D eigenvalue weighted by molar-refractivity contribution is 5.96. The summed E-state index contributed by atoms with van der Waals surface area (Å²) in [6, 6.07) is 12.4. The fraction of sp³-hybridized carbons (Fsp3) is 0. The van der Waals surface area contributed by atoms with Crippen molar-refractivity contribution in [2.24, 2.45) is 5.84 Å². The number of hydrazine groups is 1. The number of nitrogen functional groups attached to an aromatic ring is 1. The lowest BCUT2D eigenvalue weighted by Crippen LogP contribution is -2.30. The van der Waals surface area contributed by atoms with Crippen LogP contribution in [0.25, 0.3) is 0 Å². The zero-order chi connectivity index (χ0) is 13.0. The molecule has 0 bridgehead atoms. The normalized spacial score (nSPS) is 9.89. The summed E-state index contributed by atoms with van der Waals surface area (Å²) in [6.45, 7) is 0. The molecular formula is C13H11FN2O2. The van der Waals surface area contributed by atoms with E-state index in [-0.39, 0.29) is 17.1 Å². The van der Waals surface area contributed by atoms with E-state index < -0.39 is 11.7 Å². The van der Waals surface area contributed by atoms with E-state index >= 15 is 0 Å². The van der Waals surface area contributed by atoms with Crippen LogP contribution in [0.5, 0.6) is 11.5 Å². The lowest BCUT2D eigenvalue weighted by molar-refractivity contribution is 0.0951. The van der Waals surface area contributed by atoms with Crippen molar-refractivity contribution in [3.8, 4) is 11.5 Å². The molecule has 0 aromatic heterocycles. The van der Waals surface area contributed by atoms with Gasteiger partial charge in [0, 0.05) is 0 Å². The number of amides is 1. The Hall–Kier alpha value is -2.40. The SMILES string of the molecule is NNC(=O)c1ccccc1Oc1ccccc1F. The first-order chi connectivity index (χ1) is 8.72. The molecule has 2 aromatic rings. The standard InChI is InChI=1S/C13H11FN2O2/c14-10-6-2-4-8-12(10)18-11-7-3-1-5-9(11)13(17)16-15/h1-8H,15H2,(H,16,17). The molecule has 3 N–H and O–H groups in total. The van der Waals surface area contributed by atoms with Gasteiger partial charge < -0.3 is 4.74 Å². The summed E-state index contributed by atoms with van der Waals surface area (Å²) in [7, 11) is 0. The van der Waals surface area contributed by atoms with Crippen LogP contribution < -0.4 is 16.0 Å². The van der Waals surface area contributed by atoms with Crippen LogP contribution in [0.15, 0.2) is 48.5 Å². The summed E-state index contributed by atoms with van der Waals surface area (Å²) >= 11 is 0. The van der Waals surface area contributed by atoms with Gasteiger partial charge in [0.1, 0.15) is 5.75 Å². The molecule has 0 atom stereocenters. The van der Waals surface area contributed by atoms with Gasteiger partial charge in [-0.1, -0.05) is 24.3 Å². The van der Waals surface area contributed by atoms with Crippen LogP contribution in [0.3, 0.4) is 0 Å². The summed E-state index contributed by atoms with van der Waals surface area (Å²) in [5, 5.41) is 0. The maximum Gasteiger partial charge on any atom is 0.268 e. The summed E-state index contributed by atoms with van der Waals surface area (Å²) < 4.78 is 18.8. The molecule has 0 unspecified atom stereocenters. The van der Waals surface area contributed by atoms with Gasteiger partial charge in [-0.3, -0.25) is 10.2 Å². The molecule has 4 nitrogen and oxygen atoms in total. The molecule has 0 fully saturated rings. The van der Waals surface area contributed by atoms with Gasteiger partial charge in [0.25, 0.3) is 5.91 Å². The topological polar surface area (TPSA) is 64.3 Å². The minimum absolute atomic E-state index is 0.0507. The second kappa shape index (κ2) is 5.29. The van der Waals surface area contributed by atoms with Crippen molar-refractivity contribution in [1.29, 1.82) is 0 Å².